The number of carbonyl (C=O) groups is 1. The molecular formula is C19H22N6O3S. The molecule has 152 valence electrons. The standard InChI is InChI=1S/C19H22N6O3S/c1-13-17(24-28-23-13)18(26)20-10-16-21-22-19(29-12-15-8-5-9-27-15)25(16)11-14-6-3-2-4-7-14/h2-4,6-7,15H,5,8-12H2,1H3,(H,20,26). The van der Waals surface area contributed by atoms with Crippen molar-refractivity contribution in [2.75, 3.05) is 12.4 Å². The second-order valence-electron chi connectivity index (χ2n) is 6.80. The smallest absolute Gasteiger partial charge is 0.275 e. The topological polar surface area (TPSA) is 108 Å². The molecule has 29 heavy (non-hydrogen) atoms. The first-order valence-corrected chi connectivity index (χ1v) is 10.5. The van der Waals surface area contributed by atoms with Crippen molar-refractivity contribution >= 4 is 17.7 Å². The summed E-state index contributed by atoms with van der Waals surface area (Å²) >= 11 is 1.63. The summed E-state index contributed by atoms with van der Waals surface area (Å²) in [7, 11) is 0. The fraction of sp³-hybridized carbons (Fsp3) is 0.421. The van der Waals surface area contributed by atoms with Crippen LogP contribution in [-0.4, -0.2) is 49.4 Å². The van der Waals surface area contributed by atoms with Crippen LogP contribution in [-0.2, 0) is 17.8 Å². The summed E-state index contributed by atoms with van der Waals surface area (Å²) in [6.45, 7) is 3.35. The Morgan fingerprint density at radius 1 is 1.28 bits per heavy atom. The molecule has 1 atom stereocenters. The summed E-state index contributed by atoms with van der Waals surface area (Å²) in [5, 5.41) is 19.6. The molecule has 0 radical (unpaired) electrons. The number of hydrogen-bond donors (Lipinski definition) is 1. The van der Waals surface area contributed by atoms with E-state index in [-0.39, 0.29) is 24.2 Å². The molecule has 10 heteroatoms. The summed E-state index contributed by atoms with van der Waals surface area (Å²) in [6.07, 6.45) is 2.44. The van der Waals surface area contributed by atoms with Gasteiger partial charge >= 0.3 is 0 Å². The van der Waals surface area contributed by atoms with E-state index in [1.54, 1.807) is 18.7 Å². The minimum atomic E-state index is -0.355. The number of hydrogen-bond acceptors (Lipinski definition) is 8. The summed E-state index contributed by atoms with van der Waals surface area (Å²) < 4.78 is 12.3. The van der Waals surface area contributed by atoms with E-state index in [0.29, 0.717) is 18.1 Å². The zero-order valence-electron chi connectivity index (χ0n) is 16.1. The van der Waals surface area contributed by atoms with Crippen LogP contribution < -0.4 is 5.32 Å². The highest BCUT2D eigenvalue weighted by Crippen LogP contribution is 2.24. The van der Waals surface area contributed by atoms with Crippen molar-refractivity contribution in [3.63, 3.8) is 0 Å². The van der Waals surface area contributed by atoms with Gasteiger partial charge in [0.05, 0.1) is 19.2 Å². The van der Waals surface area contributed by atoms with Gasteiger partial charge in [-0.1, -0.05) is 47.3 Å². The van der Waals surface area contributed by atoms with Gasteiger partial charge < -0.3 is 14.6 Å². The van der Waals surface area contributed by atoms with E-state index in [2.05, 4.69) is 42.6 Å². The van der Waals surface area contributed by atoms with E-state index >= 15 is 0 Å². The maximum Gasteiger partial charge on any atom is 0.275 e. The zero-order chi connectivity index (χ0) is 20.1. The first-order valence-electron chi connectivity index (χ1n) is 9.48. The van der Waals surface area contributed by atoms with Crippen LogP contribution in [0, 0.1) is 6.92 Å². The third-order valence-electron chi connectivity index (χ3n) is 4.67. The molecule has 0 bridgehead atoms. The summed E-state index contributed by atoms with van der Waals surface area (Å²) in [5.74, 6) is 1.15. The first-order chi connectivity index (χ1) is 14.2. The number of ether oxygens (including phenoxy) is 1. The average molecular weight is 414 g/mol. The second-order valence-corrected chi connectivity index (χ2v) is 7.78. The van der Waals surface area contributed by atoms with E-state index in [4.69, 9.17) is 4.74 Å². The van der Waals surface area contributed by atoms with Crippen molar-refractivity contribution in [1.82, 2.24) is 30.4 Å². The Bertz CT molecular complexity index is 952. The quantitative estimate of drug-likeness (QED) is 0.559. The fourth-order valence-corrected chi connectivity index (χ4v) is 4.13. The van der Waals surface area contributed by atoms with Gasteiger partial charge in [0.2, 0.25) is 0 Å². The Hall–Kier alpha value is -2.72. The van der Waals surface area contributed by atoms with Crippen LogP contribution in [0.3, 0.4) is 0 Å². The van der Waals surface area contributed by atoms with Crippen molar-refractivity contribution < 1.29 is 14.2 Å². The number of thioether (sulfide) groups is 1. The van der Waals surface area contributed by atoms with E-state index in [1.165, 1.54) is 0 Å². The predicted molar refractivity (Wildman–Crippen MR) is 105 cm³/mol. The molecule has 3 aromatic rings. The lowest BCUT2D eigenvalue weighted by Crippen LogP contribution is -2.26. The maximum atomic E-state index is 12.3. The Morgan fingerprint density at radius 3 is 2.86 bits per heavy atom. The van der Waals surface area contributed by atoms with Crippen LogP contribution in [0.2, 0.25) is 0 Å². The molecule has 0 saturated carbocycles. The molecular weight excluding hydrogens is 392 g/mol. The molecule has 1 aromatic carbocycles. The van der Waals surface area contributed by atoms with Gasteiger partial charge in [-0.2, -0.15) is 0 Å². The van der Waals surface area contributed by atoms with Crippen molar-refractivity contribution in [3.05, 3.63) is 53.1 Å². The van der Waals surface area contributed by atoms with Gasteiger partial charge in [0.25, 0.3) is 5.91 Å². The Morgan fingerprint density at radius 2 is 2.14 bits per heavy atom. The largest absolute Gasteiger partial charge is 0.377 e. The lowest BCUT2D eigenvalue weighted by atomic mass is 10.2. The highest BCUT2D eigenvalue weighted by Gasteiger charge is 2.20. The van der Waals surface area contributed by atoms with Gasteiger partial charge in [-0.3, -0.25) is 4.79 Å². The minimum Gasteiger partial charge on any atom is -0.377 e. The molecule has 1 aliphatic rings. The number of aromatic nitrogens is 5. The first kappa shape index (κ1) is 19.6. The number of nitrogens with one attached hydrogen (secondary N) is 1. The van der Waals surface area contributed by atoms with Crippen LogP contribution in [0.25, 0.3) is 0 Å². The molecule has 1 aliphatic heterocycles. The van der Waals surface area contributed by atoms with Crippen molar-refractivity contribution in [2.24, 2.45) is 0 Å². The molecule has 1 N–H and O–H groups in total. The minimum absolute atomic E-state index is 0.173. The SMILES string of the molecule is Cc1nonc1C(=O)NCc1nnc(SCC2CCCO2)n1Cc1ccccc1. The monoisotopic (exact) mass is 414 g/mol. The Balaban J connectivity index is 1.48. The summed E-state index contributed by atoms with van der Waals surface area (Å²) in [6, 6.07) is 10.1. The second kappa shape index (κ2) is 9.19. The van der Waals surface area contributed by atoms with Crippen LogP contribution in [0.15, 0.2) is 40.1 Å². The maximum absolute atomic E-state index is 12.3. The van der Waals surface area contributed by atoms with Crippen LogP contribution in [0.5, 0.6) is 0 Å². The number of amides is 1. The highest BCUT2D eigenvalue weighted by molar-refractivity contribution is 7.99. The molecule has 1 fully saturated rings. The van der Waals surface area contributed by atoms with E-state index in [0.717, 1.165) is 35.9 Å². The number of benzene rings is 1. The molecule has 2 aromatic heterocycles. The van der Waals surface area contributed by atoms with Gasteiger partial charge in [0.15, 0.2) is 16.7 Å². The molecule has 1 amide bonds. The molecule has 1 saturated heterocycles. The van der Waals surface area contributed by atoms with Gasteiger partial charge in [0.1, 0.15) is 5.69 Å². The molecule has 0 spiro atoms. The third kappa shape index (κ3) is 4.83. The van der Waals surface area contributed by atoms with Gasteiger partial charge in [0, 0.05) is 12.4 Å². The molecule has 1 unspecified atom stereocenters. The Labute approximate surface area is 172 Å². The average Bonchev–Trinajstić information content (AvgIpc) is 3.47. The lowest BCUT2D eigenvalue weighted by Gasteiger charge is -2.12. The number of nitrogens with zero attached hydrogens (tertiary/aromatic N) is 5. The third-order valence-corrected chi connectivity index (χ3v) is 5.77. The van der Waals surface area contributed by atoms with Crippen molar-refractivity contribution in [1.29, 1.82) is 0 Å². The number of aryl methyl sites for hydroxylation is 1. The van der Waals surface area contributed by atoms with E-state index in [1.807, 2.05) is 22.8 Å². The van der Waals surface area contributed by atoms with Gasteiger partial charge in [-0.05, 0) is 30.5 Å². The van der Waals surface area contributed by atoms with E-state index in [9.17, 15) is 4.79 Å². The van der Waals surface area contributed by atoms with Gasteiger partial charge in [-0.25, -0.2) is 4.63 Å². The zero-order valence-corrected chi connectivity index (χ0v) is 16.9. The lowest BCUT2D eigenvalue weighted by molar-refractivity contribution is 0.0939. The summed E-state index contributed by atoms with van der Waals surface area (Å²) in [4.78, 5) is 12.3. The van der Waals surface area contributed by atoms with Crippen LogP contribution in [0.4, 0.5) is 0 Å². The van der Waals surface area contributed by atoms with E-state index < -0.39 is 0 Å². The molecule has 4 rings (SSSR count). The normalized spacial score (nSPS) is 16.2. The predicted octanol–water partition coefficient (Wildman–Crippen LogP) is 2.22. The molecule has 0 aliphatic carbocycles. The molecule has 3 heterocycles. The molecule has 9 nitrogen and oxygen atoms in total. The van der Waals surface area contributed by atoms with Gasteiger partial charge in [-0.15, -0.1) is 10.2 Å². The summed E-state index contributed by atoms with van der Waals surface area (Å²) in [5.41, 5.74) is 1.75. The number of rotatable bonds is 8. The number of carbonyl (C=O) groups excluding carboxylic acids is 1. The van der Waals surface area contributed by atoms with Crippen molar-refractivity contribution in [3.8, 4) is 0 Å². The Kier molecular flexibility index (Phi) is 6.20. The highest BCUT2D eigenvalue weighted by atomic mass is 32.2. The van der Waals surface area contributed by atoms with Crippen LogP contribution >= 0.6 is 11.8 Å². The van der Waals surface area contributed by atoms with Crippen molar-refractivity contribution in [2.45, 2.75) is 44.1 Å². The van der Waals surface area contributed by atoms with Crippen LogP contribution in [0.1, 0.15) is 40.4 Å². The fourth-order valence-electron chi connectivity index (χ4n) is 3.11.